The molecule has 0 fully saturated rings. The predicted molar refractivity (Wildman–Crippen MR) is 90.0 cm³/mol. The van der Waals surface area contributed by atoms with Crippen LogP contribution < -0.4 is 4.72 Å². The molecular weight excluding hydrogens is 422 g/mol. The topological polar surface area (TPSA) is 64.0 Å². The lowest BCUT2D eigenvalue weighted by Crippen LogP contribution is -2.18. The Hall–Kier alpha value is -0.860. The van der Waals surface area contributed by atoms with Gasteiger partial charge in [-0.3, -0.25) is 4.72 Å². The standard InChI is InChI=1S/C13H15Br2N3O2S/c1-8(2)18-13(4-5-16-18)17-21(19,20)12-7-10(14)9(3)6-11(12)15/h4-8,17H,1-3H3. The van der Waals surface area contributed by atoms with Gasteiger partial charge in [0, 0.05) is 21.1 Å². The van der Waals surface area contributed by atoms with E-state index in [2.05, 4.69) is 41.7 Å². The maximum Gasteiger partial charge on any atom is 0.264 e. The molecule has 2 aromatic rings. The summed E-state index contributed by atoms with van der Waals surface area (Å²) in [6.07, 6.45) is 1.57. The largest absolute Gasteiger partial charge is 0.264 e. The number of rotatable bonds is 4. The number of halogens is 2. The molecule has 5 nitrogen and oxygen atoms in total. The minimum atomic E-state index is -3.70. The highest BCUT2D eigenvalue weighted by molar-refractivity contribution is 9.11. The van der Waals surface area contributed by atoms with Crippen molar-refractivity contribution in [2.45, 2.75) is 31.7 Å². The number of hydrogen-bond donors (Lipinski definition) is 1. The Labute approximate surface area is 141 Å². The van der Waals surface area contributed by atoms with Crippen LogP contribution in [0.15, 0.2) is 38.2 Å². The van der Waals surface area contributed by atoms with E-state index < -0.39 is 10.0 Å². The van der Waals surface area contributed by atoms with Crippen molar-refractivity contribution in [3.05, 3.63) is 38.9 Å². The smallest absolute Gasteiger partial charge is 0.264 e. The fraction of sp³-hybridized carbons (Fsp3) is 0.308. The fourth-order valence-electron chi connectivity index (χ4n) is 1.83. The van der Waals surface area contributed by atoms with E-state index in [0.717, 1.165) is 10.0 Å². The molecule has 1 heterocycles. The minimum Gasteiger partial charge on any atom is -0.264 e. The van der Waals surface area contributed by atoms with Gasteiger partial charge in [0.2, 0.25) is 0 Å². The molecule has 114 valence electrons. The van der Waals surface area contributed by atoms with Crippen molar-refractivity contribution in [3.63, 3.8) is 0 Å². The van der Waals surface area contributed by atoms with Crippen molar-refractivity contribution in [2.75, 3.05) is 4.72 Å². The summed E-state index contributed by atoms with van der Waals surface area (Å²) in [5.74, 6) is 0.439. The Morgan fingerprint density at radius 1 is 1.24 bits per heavy atom. The van der Waals surface area contributed by atoms with Crippen LogP contribution in [0.5, 0.6) is 0 Å². The third-order valence-corrected chi connectivity index (χ3v) is 6.07. The van der Waals surface area contributed by atoms with Gasteiger partial charge in [0.1, 0.15) is 10.7 Å². The van der Waals surface area contributed by atoms with Crippen LogP contribution in [0.1, 0.15) is 25.5 Å². The van der Waals surface area contributed by atoms with E-state index in [1.165, 1.54) is 0 Å². The van der Waals surface area contributed by atoms with Crippen LogP contribution >= 0.6 is 31.9 Å². The molecule has 0 aliphatic rings. The van der Waals surface area contributed by atoms with Gasteiger partial charge >= 0.3 is 0 Å². The van der Waals surface area contributed by atoms with Crippen LogP contribution in [-0.4, -0.2) is 18.2 Å². The summed E-state index contributed by atoms with van der Waals surface area (Å²) in [6, 6.07) is 5.04. The fourth-order valence-corrected chi connectivity index (χ4v) is 4.56. The summed E-state index contributed by atoms with van der Waals surface area (Å²) in [5.41, 5.74) is 0.952. The van der Waals surface area contributed by atoms with Gasteiger partial charge in [-0.2, -0.15) is 5.10 Å². The van der Waals surface area contributed by atoms with Crippen LogP contribution in [0.25, 0.3) is 0 Å². The highest BCUT2D eigenvalue weighted by Crippen LogP contribution is 2.30. The molecule has 0 bridgehead atoms. The molecule has 21 heavy (non-hydrogen) atoms. The zero-order valence-corrected chi connectivity index (χ0v) is 15.8. The number of aromatic nitrogens is 2. The van der Waals surface area contributed by atoms with Gasteiger partial charge < -0.3 is 0 Å². The van der Waals surface area contributed by atoms with E-state index >= 15 is 0 Å². The zero-order chi connectivity index (χ0) is 15.8. The van der Waals surface area contributed by atoms with E-state index in [9.17, 15) is 8.42 Å². The number of anilines is 1. The molecule has 0 saturated carbocycles. The van der Waals surface area contributed by atoms with Crippen LogP contribution in [0, 0.1) is 6.92 Å². The summed E-state index contributed by atoms with van der Waals surface area (Å²) < 4.78 is 30.6. The number of nitrogens with zero attached hydrogens (tertiary/aromatic N) is 2. The quantitative estimate of drug-likeness (QED) is 0.784. The first-order chi connectivity index (χ1) is 9.72. The van der Waals surface area contributed by atoms with Crippen molar-refractivity contribution >= 4 is 47.7 Å². The first kappa shape index (κ1) is 16.5. The zero-order valence-electron chi connectivity index (χ0n) is 11.8. The van der Waals surface area contributed by atoms with E-state index in [1.54, 1.807) is 29.1 Å². The summed E-state index contributed by atoms with van der Waals surface area (Å²) in [5, 5.41) is 4.12. The maximum atomic E-state index is 12.6. The van der Waals surface area contributed by atoms with E-state index in [-0.39, 0.29) is 10.9 Å². The lowest BCUT2D eigenvalue weighted by atomic mass is 10.2. The van der Waals surface area contributed by atoms with E-state index in [4.69, 9.17) is 0 Å². The van der Waals surface area contributed by atoms with Crippen LogP contribution in [0.2, 0.25) is 0 Å². The average Bonchev–Trinajstić information content (AvgIpc) is 2.81. The molecule has 2 rings (SSSR count). The molecule has 8 heteroatoms. The Balaban J connectivity index is 2.44. The lowest BCUT2D eigenvalue weighted by molar-refractivity contribution is 0.539. The summed E-state index contributed by atoms with van der Waals surface area (Å²) in [7, 11) is -3.70. The SMILES string of the molecule is Cc1cc(Br)c(S(=O)(=O)Nc2ccnn2C(C)C)cc1Br. The lowest BCUT2D eigenvalue weighted by Gasteiger charge is -2.14. The van der Waals surface area contributed by atoms with Crippen LogP contribution in [0.4, 0.5) is 5.82 Å². The molecule has 1 aromatic heterocycles. The van der Waals surface area contributed by atoms with Gasteiger partial charge in [-0.15, -0.1) is 0 Å². The number of aryl methyl sites for hydroxylation is 1. The van der Waals surface area contributed by atoms with Gasteiger partial charge in [0.25, 0.3) is 10.0 Å². The second-order valence-electron chi connectivity index (χ2n) is 4.89. The van der Waals surface area contributed by atoms with Crippen LogP contribution in [0.3, 0.4) is 0 Å². The number of sulfonamides is 1. The monoisotopic (exact) mass is 435 g/mol. The van der Waals surface area contributed by atoms with Gasteiger partial charge in [-0.05, 0) is 54.4 Å². The van der Waals surface area contributed by atoms with Crippen molar-refractivity contribution in [1.29, 1.82) is 0 Å². The second-order valence-corrected chi connectivity index (χ2v) is 8.25. The molecule has 0 spiro atoms. The maximum absolute atomic E-state index is 12.6. The molecule has 0 unspecified atom stereocenters. The first-order valence-corrected chi connectivity index (χ1v) is 9.31. The normalized spacial score (nSPS) is 11.9. The summed E-state index contributed by atoms with van der Waals surface area (Å²) in [6.45, 7) is 5.76. The number of nitrogens with one attached hydrogen (secondary N) is 1. The Morgan fingerprint density at radius 2 is 1.90 bits per heavy atom. The third kappa shape index (κ3) is 3.49. The second kappa shape index (κ2) is 6.10. The molecule has 0 atom stereocenters. The Bertz CT molecular complexity index is 770. The summed E-state index contributed by atoms with van der Waals surface area (Å²) >= 11 is 6.66. The van der Waals surface area contributed by atoms with Gasteiger partial charge in [0.15, 0.2) is 0 Å². The molecule has 0 aliphatic carbocycles. The average molecular weight is 437 g/mol. The molecule has 0 amide bonds. The van der Waals surface area contributed by atoms with Gasteiger partial charge in [-0.1, -0.05) is 15.9 Å². The molecule has 1 aromatic carbocycles. The molecule has 0 aliphatic heterocycles. The highest BCUT2D eigenvalue weighted by Gasteiger charge is 2.21. The molecular formula is C13H15Br2N3O2S. The Morgan fingerprint density at radius 3 is 2.52 bits per heavy atom. The van der Waals surface area contributed by atoms with E-state index in [0.29, 0.717) is 10.3 Å². The minimum absolute atomic E-state index is 0.0610. The van der Waals surface area contributed by atoms with Crippen molar-refractivity contribution < 1.29 is 8.42 Å². The predicted octanol–water partition coefficient (Wildman–Crippen LogP) is 4.10. The van der Waals surface area contributed by atoms with Crippen molar-refractivity contribution in [3.8, 4) is 0 Å². The third-order valence-electron chi connectivity index (χ3n) is 2.90. The van der Waals surface area contributed by atoms with Crippen LogP contribution in [-0.2, 0) is 10.0 Å². The molecule has 0 radical (unpaired) electrons. The van der Waals surface area contributed by atoms with Gasteiger partial charge in [-0.25, -0.2) is 13.1 Å². The number of hydrogen-bond acceptors (Lipinski definition) is 3. The highest BCUT2D eigenvalue weighted by atomic mass is 79.9. The number of benzene rings is 1. The molecule has 0 saturated heterocycles. The first-order valence-electron chi connectivity index (χ1n) is 6.24. The van der Waals surface area contributed by atoms with Crippen molar-refractivity contribution in [1.82, 2.24) is 9.78 Å². The van der Waals surface area contributed by atoms with Crippen molar-refractivity contribution in [2.24, 2.45) is 0 Å². The molecule has 1 N–H and O–H groups in total. The van der Waals surface area contributed by atoms with E-state index in [1.807, 2.05) is 20.8 Å². The van der Waals surface area contributed by atoms with Gasteiger partial charge in [0.05, 0.1) is 6.20 Å². The Kier molecular flexibility index (Phi) is 4.79. The summed E-state index contributed by atoms with van der Waals surface area (Å²) in [4.78, 5) is 0.177.